The van der Waals surface area contributed by atoms with Crippen LogP contribution in [0.25, 0.3) is 22.2 Å². The zero-order chi connectivity index (χ0) is 20.1. The largest absolute Gasteiger partial charge is 0.501 e. The Morgan fingerprint density at radius 1 is 1.18 bits per heavy atom. The summed E-state index contributed by atoms with van der Waals surface area (Å²) in [5.41, 5.74) is 4.54. The number of aromatic nitrogens is 3. The van der Waals surface area contributed by atoms with E-state index in [9.17, 15) is 0 Å². The molecule has 1 N–H and O–H groups in total. The number of nitrogens with one attached hydrogen (secondary N) is 1. The van der Waals surface area contributed by atoms with Crippen molar-refractivity contribution in [1.29, 1.82) is 0 Å². The van der Waals surface area contributed by atoms with E-state index in [1.165, 1.54) is 6.33 Å². The lowest BCUT2D eigenvalue weighted by Crippen LogP contribution is -2.06. The Balaban J connectivity index is 2.00. The lowest BCUT2D eigenvalue weighted by Gasteiger charge is -2.13. The van der Waals surface area contributed by atoms with Gasteiger partial charge in [-0.15, -0.1) is 0 Å². The van der Waals surface area contributed by atoms with Crippen molar-refractivity contribution in [2.24, 2.45) is 0 Å². The zero-order valence-corrected chi connectivity index (χ0v) is 16.6. The topological polar surface area (TPSA) is 69.2 Å². The number of nitrogens with zero attached hydrogens (tertiary/aromatic N) is 3. The summed E-state index contributed by atoms with van der Waals surface area (Å²) in [4.78, 5) is 13.3. The molecule has 6 nitrogen and oxygen atoms in total. The highest BCUT2D eigenvalue weighted by molar-refractivity contribution is 5.96. The second-order valence-corrected chi connectivity index (χ2v) is 6.49. The number of anilines is 1. The number of hydrogen-bond donors (Lipinski definition) is 1. The molecule has 6 heteroatoms. The van der Waals surface area contributed by atoms with E-state index < -0.39 is 0 Å². The van der Waals surface area contributed by atoms with E-state index in [4.69, 9.17) is 9.47 Å². The van der Waals surface area contributed by atoms with Gasteiger partial charge >= 0.3 is 0 Å². The highest BCUT2D eigenvalue weighted by Gasteiger charge is 2.12. The molecule has 0 fully saturated rings. The number of hydrogen-bond acceptors (Lipinski definition) is 6. The van der Waals surface area contributed by atoms with Crippen molar-refractivity contribution in [2.75, 3.05) is 26.1 Å². The first-order chi connectivity index (χ1) is 13.5. The van der Waals surface area contributed by atoms with E-state index in [0.717, 1.165) is 39.1 Å². The average molecular weight is 376 g/mol. The standard InChI is InChI=1S/C22H24N4O2/c1-14-6-7-19(23-11-14)17-9-18-21(20(10-17)28-5)25-13-26-22(18)24-12-15(2)8-16(3)27-4/h6-11,13H,2,12H2,1,3-5H3,(H,24,25,26)/b16-8-. The molecule has 0 amide bonds. The molecular weight excluding hydrogens is 352 g/mol. The SMILES string of the molecule is C=C(/C=C(/C)OC)CNc1ncnc2c(OC)cc(-c3ccc(C)cn3)cc12. The smallest absolute Gasteiger partial charge is 0.145 e. The molecule has 0 aliphatic heterocycles. The minimum atomic E-state index is 0.530. The van der Waals surface area contributed by atoms with Crippen molar-refractivity contribution in [3.05, 3.63) is 66.3 Å². The molecule has 0 saturated carbocycles. The summed E-state index contributed by atoms with van der Waals surface area (Å²) in [6, 6.07) is 8.00. The molecule has 0 saturated heterocycles. The number of aryl methyl sites for hydroxylation is 1. The monoisotopic (exact) mass is 376 g/mol. The number of methoxy groups -OCH3 is 2. The van der Waals surface area contributed by atoms with Gasteiger partial charge in [0.05, 0.1) is 25.7 Å². The first-order valence-electron chi connectivity index (χ1n) is 8.91. The molecule has 0 aliphatic carbocycles. The quantitative estimate of drug-likeness (QED) is 0.483. The Labute approximate surface area is 165 Å². The highest BCUT2D eigenvalue weighted by Crippen LogP contribution is 2.33. The third-order valence-corrected chi connectivity index (χ3v) is 4.34. The van der Waals surface area contributed by atoms with Crippen LogP contribution in [0, 0.1) is 6.92 Å². The average Bonchev–Trinajstić information content (AvgIpc) is 2.71. The molecule has 0 radical (unpaired) electrons. The van der Waals surface area contributed by atoms with Crippen molar-refractivity contribution in [1.82, 2.24) is 15.0 Å². The summed E-state index contributed by atoms with van der Waals surface area (Å²) in [5, 5.41) is 4.19. The predicted octanol–water partition coefficient (Wildman–Crippen LogP) is 4.53. The zero-order valence-electron chi connectivity index (χ0n) is 16.6. The summed E-state index contributed by atoms with van der Waals surface area (Å²) in [6.07, 6.45) is 5.26. The summed E-state index contributed by atoms with van der Waals surface area (Å²) in [6.45, 7) is 8.48. The molecule has 1 aromatic carbocycles. The molecule has 28 heavy (non-hydrogen) atoms. The minimum absolute atomic E-state index is 0.530. The van der Waals surface area contributed by atoms with Gasteiger partial charge < -0.3 is 14.8 Å². The number of rotatable bonds is 7. The van der Waals surface area contributed by atoms with Gasteiger partial charge in [0.2, 0.25) is 0 Å². The maximum Gasteiger partial charge on any atom is 0.145 e. The summed E-state index contributed by atoms with van der Waals surface area (Å²) in [5.74, 6) is 2.19. The van der Waals surface area contributed by atoms with Gasteiger partial charge in [-0.25, -0.2) is 9.97 Å². The van der Waals surface area contributed by atoms with Gasteiger partial charge in [-0.3, -0.25) is 4.98 Å². The molecule has 0 bridgehead atoms. The molecule has 0 spiro atoms. The predicted molar refractivity (Wildman–Crippen MR) is 112 cm³/mol. The fourth-order valence-corrected chi connectivity index (χ4v) is 2.81. The Morgan fingerprint density at radius 2 is 2.00 bits per heavy atom. The van der Waals surface area contributed by atoms with E-state index in [0.29, 0.717) is 18.1 Å². The summed E-state index contributed by atoms with van der Waals surface area (Å²) >= 11 is 0. The van der Waals surface area contributed by atoms with E-state index in [2.05, 4.69) is 26.8 Å². The molecular formula is C22H24N4O2. The normalized spacial score (nSPS) is 11.4. The molecule has 2 heterocycles. The second kappa shape index (κ2) is 8.52. The van der Waals surface area contributed by atoms with Crippen LogP contribution in [0.5, 0.6) is 5.75 Å². The van der Waals surface area contributed by atoms with Gasteiger partial charge in [0.25, 0.3) is 0 Å². The number of ether oxygens (including phenoxy) is 2. The fourth-order valence-electron chi connectivity index (χ4n) is 2.81. The number of benzene rings is 1. The van der Waals surface area contributed by atoms with E-state index in [1.807, 2.05) is 50.4 Å². The molecule has 3 aromatic rings. The first-order valence-corrected chi connectivity index (χ1v) is 8.91. The summed E-state index contributed by atoms with van der Waals surface area (Å²) in [7, 11) is 3.27. The third-order valence-electron chi connectivity index (χ3n) is 4.34. The van der Waals surface area contributed by atoms with Crippen LogP contribution in [0.4, 0.5) is 5.82 Å². The maximum atomic E-state index is 5.57. The maximum absolute atomic E-state index is 5.57. The second-order valence-electron chi connectivity index (χ2n) is 6.49. The minimum Gasteiger partial charge on any atom is -0.501 e. The van der Waals surface area contributed by atoms with Gasteiger partial charge in [-0.05, 0) is 49.3 Å². The van der Waals surface area contributed by atoms with Gasteiger partial charge in [0.15, 0.2) is 0 Å². The highest BCUT2D eigenvalue weighted by atomic mass is 16.5. The first kappa shape index (κ1) is 19.4. The third kappa shape index (κ3) is 4.28. The molecule has 0 atom stereocenters. The van der Waals surface area contributed by atoms with Gasteiger partial charge in [0, 0.05) is 23.7 Å². The van der Waals surface area contributed by atoms with Crippen molar-refractivity contribution in [3.63, 3.8) is 0 Å². The van der Waals surface area contributed by atoms with Crippen molar-refractivity contribution in [2.45, 2.75) is 13.8 Å². The Bertz CT molecular complexity index is 1030. The van der Waals surface area contributed by atoms with Crippen molar-refractivity contribution in [3.8, 4) is 17.0 Å². The molecule has 0 aliphatic rings. The Kier molecular flexibility index (Phi) is 5.89. The Morgan fingerprint density at radius 3 is 2.68 bits per heavy atom. The van der Waals surface area contributed by atoms with Crippen LogP contribution in [0.2, 0.25) is 0 Å². The fraction of sp³-hybridized carbons (Fsp3) is 0.227. The molecule has 2 aromatic heterocycles. The van der Waals surface area contributed by atoms with Crippen molar-refractivity contribution >= 4 is 16.7 Å². The Hall–Kier alpha value is -3.41. The lowest BCUT2D eigenvalue weighted by molar-refractivity contribution is 0.293. The van der Waals surface area contributed by atoms with Crippen LogP contribution in [0.15, 0.2) is 60.8 Å². The van der Waals surface area contributed by atoms with Crippen LogP contribution >= 0.6 is 0 Å². The van der Waals surface area contributed by atoms with Crippen LogP contribution in [-0.2, 0) is 4.74 Å². The number of allylic oxidation sites excluding steroid dienone is 1. The lowest BCUT2D eigenvalue weighted by atomic mass is 10.1. The van der Waals surface area contributed by atoms with E-state index >= 15 is 0 Å². The van der Waals surface area contributed by atoms with E-state index in [1.54, 1.807) is 14.2 Å². The number of pyridine rings is 1. The molecule has 0 unspecified atom stereocenters. The van der Waals surface area contributed by atoms with Crippen molar-refractivity contribution < 1.29 is 9.47 Å². The van der Waals surface area contributed by atoms with Crippen LogP contribution in [0.3, 0.4) is 0 Å². The van der Waals surface area contributed by atoms with Gasteiger partial charge in [-0.2, -0.15) is 0 Å². The number of fused-ring (bicyclic) bond motifs is 1. The van der Waals surface area contributed by atoms with Crippen LogP contribution in [-0.4, -0.2) is 35.7 Å². The van der Waals surface area contributed by atoms with Gasteiger partial charge in [0.1, 0.15) is 23.4 Å². The summed E-state index contributed by atoms with van der Waals surface area (Å²) < 4.78 is 10.7. The van der Waals surface area contributed by atoms with E-state index in [-0.39, 0.29) is 0 Å². The van der Waals surface area contributed by atoms with Gasteiger partial charge in [-0.1, -0.05) is 12.6 Å². The van der Waals surface area contributed by atoms with Crippen LogP contribution < -0.4 is 10.1 Å². The molecule has 144 valence electrons. The molecule has 3 rings (SSSR count). The van der Waals surface area contributed by atoms with Crippen LogP contribution in [0.1, 0.15) is 12.5 Å².